The van der Waals surface area contributed by atoms with Crippen LogP contribution >= 0.6 is 0 Å². The Bertz CT molecular complexity index is 278. The molecular weight excluding hydrogens is 208 g/mol. The molecule has 0 spiro atoms. The molecule has 0 aromatic rings. The molecule has 1 fully saturated rings. The third kappa shape index (κ3) is 3.20. The fourth-order valence-corrected chi connectivity index (χ4v) is 1.76. The number of carbonyl (C=O) groups excluding carboxylic acids is 1. The molecule has 0 bridgehead atoms. The Balaban J connectivity index is 2.56. The average molecular weight is 228 g/mol. The number of aliphatic carboxylic acids is 1. The summed E-state index contributed by atoms with van der Waals surface area (Å²) in [7, 11) is 1.56. The molecule has 0 saturated carbocycles. The van der Waals surface area contributed by atoms with Crippen LogP contribution in [0, 0.1) is 5.92 Å². The minimum absolute atomic E-state index is 0.109. The lowest BCUT2D eigenvalue weighted by Crippen LogP contribution is -2.57. The molecule has 1 aliphatic heterocycles. The summed E-state index contributed by atoms with van der Waals surface area (Å²) in [6.45, 7) is 5.80. The van der Waals surface area contributed by atoms with Crippen LogP contribution in [0.4, 0.5) is 0 Å². The number of carboxylic acid groups (broad SMARTS) is 1. The molecule has 1 heterocycles. The average Bonchev–Trinajstić information content (AvgIpc) is 2.19. The summed E-state index contributed by atoms with van der Waals surface area (Å²) in [4.78, 5) is 25.8. The van der Waals surface area contributed by atoms with Crippen LogP contribution in [0.15, 0.2) is 0 Å². The topological polar surface area (TPSA) is 60.9 Å². The van der Waals surface area contributed by atoms with Gasteiger partial charge in [-0.05, 0) is 18.9 Å². The monoisotopic (exact) mass is 228 g/mol. The predicted molar refractivity (Wildman–Crippen MR) is 60.1 cm³/mol. The van der Waals surface area contributed by atoms with E-state index in [2.05, 4.69) is 13.8 Å². The Morgan fingerprint density at radius 1 is 1.56 bits per heavy atom. The first-order chi connectivity index (χ1) is 7.41. The van der Waals surface area contributed by atoms with E-state index in [4.69, 9.17) is 5.11 Å². The Kier molecular flexibility index (Phi) is 4.29. The summed E-state index contributed by atoms with van der Waals surface area (Å²) >= 11 is 0. The minimum atomic E-state index is -0.926. The van der Waals surface area contributed by atoms with Crippen molar-refractivity contribution in [2.75, 3.05) is 26.7 Å². The maximum absolute atomic E-state index is 11.6. The minimum Gasteiger partial charge on any atom is -0.480 e. The zero-order valence-electron chi connectivity index (χ0n) is 10.1. The van der Waals surface area contributed by atoms with E-state index >= 15 is 0 Å². The van der Waals surface area contributed by atoms with Crippen molar-refractivity contribution in [2.24, 2.45) is 5.92 Å². The molecule has 1 amide bonds. The van der Waals surface area contributed by atoms with Crippen LogP contribution in [0.2, 0.25) is 0 Å². The first kappa shape index (κ1) is 13.0. The molecule has 1 rings (SSSR count). The quantitative estimate of drug-likeness (QED) is 0.749. The van der Waals surface area contributed by atoms with Crippen LogP contribution < -0.4 is 0 Å². The Hall–Kier alpha value is -1.10. The van der Waals surface area contributed by atoms with Crippen molar-refractivity contribution in [3.8, 4) is 0 Å². The molecule has 5 nitrogen and oxygen atoms in total. The highest BCUT2D eigenvalue weighted by Gasteiger charge is 2.34. The number of hydrogen-bond donors (Lipinski definition) is 1. The number of nitrogens with zero attached hydrogens (tertiary/aromatic N) is 2. The molecule has 0 aromatic heterocycles. The van der Waals surface area contributed by atoms with Gasteiger partial charge in [-0.2, -0.15) is 0 Å². The molecule has 1 N–H and O–H groups in total. The summed E-state index contributed by atoms with van der Waals surface area (Å²) in [5.74, 6) is -0.467. The van der Waals surface area contributed by atoms with Gasteiger partial charge in [-0.3, -0.25) is 9.69 Å². The molecule has 0 radical (unpaired) electrons. The summed E-state index contributed by atoms with van der Waals surface area (Å²) in [6.07, 6.45) is 0.989. The van der Waals surface area contributed by atoms with E-state index < -0.39 is 12.0 Å². The molecule has 1 unspecified atom stereocenters. The van der Waals surface area contributed by atoms with Gasteiger partial charge in [0.15, 0.2) is 0 Å². The normalized spacial score (nSPS) is 22.9. The number of carboxylic acids is 1. The fraction of sp³-hybridized carbons (Fsp3) is 0.818. The number of hydrogen-bond acceptors (Lipinski definition) is 3. The van der Waals surface area contributed by atoms with Crippen molar-refractivity contribution >= 4 is 11.9 Å². The Morgan fingerprint density at radius 2 is 2.19 bits per heavy atom. The third-order valence-electron chi connectivity index (χ3n) is 2.96. The van der Waals surface area contributed by atoms with Gasteiger partial charge < -0.3 is 10.0 Å². The molecule has 1 saturated heterocycles. The van der Waals surface area contributed by atoms with Crippen molar-refractivity contribution in [3.63, 3.8) is 0 Å². The van der Waals surface area contributed by atoms with Crippen molar-refractivity contribution in [1.82, 2.24) is 9.80 Å². The second-order valence-corrected chi connectivity index (χ2v) is 4.78. The zero-order valence-corrected chi connectivity index (χ0v) is 10.1. The number of piperazine rings is 1. The van der Waals surface area contributed by atoms with Crippen LogP contribution in [-0.4, -0.2) is 59.5 Å². The van der Waals surface area contributed by atoms with Gasteiger partial charge in [0.05, 0.1) is 6.54 Å². The molecule has 5 heteroatoms. The van der Waals surface area contributed by atoms with E-state index in [-0.39, 0.29) is 5.91 Å². The van der Waals surface area contributed by atoms with E-state index in [9.17, 15) is 9.59 Å². The standard InChI is InChI=1S/C11H20N2O3/c1-8(2)4-5-13-6-9(11(15)16)12(3)10(14)7-13/h8-9H,4-7H2,1-3H3,(H,15,16). The molecule has 1 aliphatic rings. The van der Waals surface area contributed by atoms with Crippen LogP contribution in [0.5, 0.6) is 0 Å². The summed E-state index contributed by atoms with van der Waals surface area (Å²) < 4.78 is 0. The van der Waals surface area contributed by atoms with Crippen LogP contribution in [0.3, 0.4) is 0 Å². The van der Waals surface area contributed by atoms with Gasteiger partial charge in [0.1, 0.15) is 6.04 Å². The van der Waals surface area contributed by atoms with Gasteiger partial charge in [-0.15, -0.1) is 0 Å². The highest BCUT2D eigenvalue weighted by atomic mass is 16.4. The van der Waals surface area contributed by atoms with Crippen LogP contribution in [0.25, 0.3) is 0 Å². The number of rotatable bonds is 4. The molecule has 16 heavy (non-hydrogen) atoms. The summed E-state index contributed by atoms with van der Waals surface area (Å²) in [6, 6.07) is -0.701. The highest BCUT2D eigenvalue weighted by molar-refractivity contribution is 5.86. The Morgan fingerprint density at radius 3 is 2.69 bits per heavy atom. The molecule has 0 aromatic carbocycles. The summed E-state index contributed by atoms with van der Waals surface area (Å²) in [5.41, 5.74) is 0. The fourth-order valence-electron chi connectivity index (χ4n) is 1.76. The maximum atomic E-state index is 11.6. The van der Waals surface area contributed by atoms with Gasteiger partial charge in [0, 0.05) is 13.6 Å². The van der Waals surface area contributed by atoms with Gasteiger partial charge >= 0.3 is 5.97 Å². The third-order valence-corrected chi connectivity index (χ3v) is 2.96. The van der Waals surface area contributed by atoms with E-state index in [0.717, 1.165) is 13.0 Å². The van der Waals surface area contributed by atoms with E-state index in [1.54, 1.807) is 7.05 Å². The zero-order chi connectivity index (χ0) is 12.3. The van der Waals surface area contributed by atoms with Crippen molar-refractivity contribution in [1.29, 1.82) is 0 Å². The first-order valence-corrected chi connectivity index (χ1v) is 5.62. The lowest BCUT2D eigenvalue weighted by molar-refractivity contribution is -0.154. The van der Waals surface area contributed by atoms with Gasteiger partial charge in [-0.1, -0.05) is 13.8 Å². The lowest BCUT2D eigenvalue weighted by Gasteiger charge is -2.36. The Labute approximate surface area is 96.0 Å². The van der Waals surface area contributed by atoms with Crippen LogP contribution in [-0.2, 0) is 9.59 Å². The number of likely N-dealkylation sites (N-methyl/N-ethyl adjacent to an activating group) is 1. The molecule has 1 atom stereocenters. The van der Waals surface area contributed by atoms with E-state index in [0.29, 0.717) is 19.0 Å². The highest BCUT2D eigenvalue weighted by Crippen LogP contribution is 2.11. The first-order valence-electron chi connectivity index (χ1n) is 5.62. The molecule has 92 valence electrons. The van der Waals surface area contributed by atoms with Gasteiger partial charge in [0.2, 0.25) is 5.91 Å². The second kappa shape index (κ2) is 5.30. The van der Waals surface area contributed by atoms with Crippen molar-refractivity contribution in [2.45, 2.75) is 26.3 Å². The van der Waals surface area contributed by atoms with E-state index in [1.165, 1.54) is 4.90 Å². The largest absolute Gasteiger partial charge is 0.480 e. The van der Waals surface area contributed by atoms with E-state index in [1.807, 2.05) is 4.90 Å². The second-order valence-electron chi connectivity index (χ2n) is 4.78. The number of amides is 1. The predicted octanol–water partition coefficient (Wildman–Crippen LogP) is 0.260. The maximum Gasteiger partial charge on any atom is 0.327 e. The summed E-state index contributed by atoms with van der Waals surface area (Å²) in [5, 5.41) is 9.00. The van der Waals surface area contributed by atoms with Crippen molar-refractivity contribution in [3.05, 3.63) is 0 Å². The molecular formula is C11H20N2O3. The number of carbonyl (C=O) groups is 2. The lowest BCUT2D eigenvalue weighted by atomic mass is 10.1. The van der Waals surface area contributed by atoms with Crippen LogP contribution in [0.1, 0.15) is 20.3 Å². The smallest absolute Gasteiger partial charge is 0.327 e. The van der Waals surface area contributed by atoms with Crippen molar-refractivity contribution < 1.29 is 14.7 Å². The van der Waals surface area contributed by atoms with Gasteiger partial charge in [0.25, 0.3) is 0 Å². The molecule has 0 aliphatic carbocycles. The van der Waals surface area contributed by atoms with Gasteiger partial charge in [-0.25, -0.2) is 4.79 Å². The SMILES string of the molecule is CC(C)CCN1CC(=O)N(C)C(C(=O)O)C1.